The van der Waals surface area contributed by atoms with Crippen LogP contribution >= 0.6 is 0 Å². The molecule has 0 aliphatic heterocycles. The fourth-order valence-corrected chi connectivity index (χ4v) is 1.52. The summed E-state index contributed by atoms with van der Waals surface area (Å²) in [5.74, 6) is 1.56. The van der Waals surface area contributed by atoms with Crippen LogP contribution in [0.4, 0.5) is 0 Å². The number of aromatic nitrogens is 1. The molecule has 2 aromatic rings. The smallest absolute Gasteiger partial charge is 0.211 e. The summed E-state index contributed by atoms with van der Waals surface area (Å²) in [6, 6.07) is 6.71. The van der Waals surface area contributed by atoms with E-state index in [9.17, 15) is 0 Å². The number of hydrogen-bond donors (Lipinski definition) is 2. The topological polar surface area (TPSA) is 72.3 Å². The van der Waals surface area contributed by atoms with Crippen LogP contribution in [0, 0.1) is 6.92 Å². The Morgan fingerprint density at radius 1 is 1.38 bits per heavy atom. The largest absolute Gasteiger partial charge is 0.508 e. The van der Waals surface area contributed by atoms with Gasteiger partial charge in [-0.1, -0.05) is 12.1 Å². The van der Waals surface area contributed by atoms with Gasteiger partial charge in [0.1, 0.15) is 11.5 Å². The highest BCUT2D eigenvalue weighted by Gasteiger charge is 2.12. The van der Waals surface area contributed by atoms with E-state index in [2.05, 4.69) is 4.98 Å². The Morgan fingerprint density at radius 2 is 2.06 bits per heavy atom. The van der Waals surface area contributed by atoms with E-state index in [1.807, 2.05) is 19.1 Å². The van der Waals surface area contributed by atoms with E-state index in [1.165, 1.54) is 0 Å². The minimum Gasteiger partial charge on any atom is -0.508 e. The first kappa shape index (κ1) is 10.7. The number of phenolic OH excluding ortho intramolecular Hbond substituents is 1. The molecule has 3 N–H and O–H groups in total. The second-order valence-electron chi connectivity index (χ2n) is 3.79. The molecule has 1 aromatic heterocycles. The third-order valence-corrected chi connectivity index (χ3v) is 2.35. The molecule has 1 atom stereocenters. The van der Waals surface area contributed by atoms with Gasteiger partial charge in [0.25, 0.3) is 0 Å². The summed E-state index contributed by atoms with van der Waals surface area (Å²) < 4.78 is 5.36. The van der Waals surface area contributed by atoms with Crippen LogP contribution in [0.2, 0.25) is 0 Å². The molecule has 0 saturated heterocycles. The molecule has 4 nitrogen and oxygen atoms in total. The van der Waals surface area contributed by atoms with E-state index in [4.69, 9.17) is 15.3 Å². The molecule has 16 heavy (non-hydrogen) atoms. The summed E-state index contributed by atoms with van der Waals surface area (Å²) in [5, 5.41) is 9.15. The summed E-state index contributed by atoms with van der Waals surface area (Å²) >= 11 is 0. The standard InChI is InChI=1S/C12H14N2O2/c1-8-7-14-12(16-8)11(13)6-9-2-4-10(15)5-3-9/h2-5,7,11,15H,6,13H2,1H3. The first-order valence-corrected chi connectivity index (χ1v) is 5.11. The molecule has 1 heterocycles. The number of phenols is 1. The Labute approximate surface area is 93.7 Å². The Morgan fingerprint density at radius 3 is 2.62 bits per heavy atom. The van der Waals surface area contributed by atoms with Crippen molar-refractivity contribution in [3.63, 3.8) is 0 Å². The van der Waals surface area contributed by atoms with Crippen LogP contribution < -0.4 is 5.73 Å². The number of aryl methyl sites for hydroxylation is 1. The molecule has 1 unspecified atom stereocenters. The minimum atomic E-state index is -0.252. The molecule has 84 valence electrons. The van der Waals surface area contributed by atoms with Crippen LogP contribution in [0.15, 0.2) is 34.9 Å². The third-order valence-electron chi connectivity index (χ3n) is 2.35. The van der Waals surface area contributed by atoms with Gasteiger partial charge in [0.05, 0.1) is 12.2 Å². The van der Waals surface area contributed by atoms with Crippen molar-refractivity contribution in [2.75, 3.05) is 0 Å². The van der Waals surface area contributed by atoms with E-state index in [0.29, 0.717) is 12.3 Å². The van der Waals surface area contributed by atoms with E-state index >= 15 is 0 Å². The maximum absolute atomic E-state index is 9.15. The molecule has 0 spiro atoms. The quantitative estimate of drug-likeness (QED) is 0.825. The van der Waals surface area contributed by atoms with Crippen LogP contribution in [0.1, 0.15) is 23.3 Å². The SMILES string of the molecule is Cc1cnc(C(N)Cc2ccc(O)cc2)o1. The van der Waals surface area contributed by atoms with Crippen molar-refractivity contribution in [1.29, 1.82) is 0 Å². The number of benzene rings is 1. The van der Waals surface area contributed by atoms with Crippen molar-refractivity contribution in [3.05, 3.63) is 47.7 Å². The van der Waals surface area contributed by atoms with Gasteiger partial charge in [0, 0.05) is 0 Å². The van der Waals surface area contributed by atoms with Crippen molar-refractivity contribution in [1.82, 2.24) is 4.98 Å². The summed E-state index contributed by atoms with van der Waals surface area (Å²) in [6.07, 6.45) is 2.30. The third kappa shape index (κ3) is 2.41. The van der Waals surface area contributed by atoms with Crippen molar-refractivity contribution < 1.29 is 9.52 Å². The molecule has 0 fully saturated rings. The second kappa shape index (κ2) is 4.37. The van der Waals surface area contributed by atoms with Crippen LogP contribution in [-0.2, 0) is 6.42 Å². The molecule has 2 rings (SSSR count). The zero-order chi connectivity index (χ0) is 11.5. The summed E-state index contributed by atoms with van der Waals surface area (Å²) in [4.78, 5) is 4.09. The summed E-state index contributed by atoms with van der Waals surface area (Å²) in [6.45, 7) is 1.84. The first-order valence-electron chi connectivity index (χ1n) is 5.11. The lowest BCUT2D eigenvalue weighted by atomic mass is 10.1. The van der Waals surface area contributed by atoms with E-state index in [1.54, 1.807) is 18.3 Å². The van der Waals surface area contributed by atoms with Gasteiger partial charge in [-0.2, -0.15) is 0 Å². The highest BCUT2D eigenvalue weighted by atomic mass is 16.4. The zero-order valence-corrected chi connectivity index (χ0v) is 9.05. The lowest BCUT2D eigenvalue weighted by Gasteiger charge is -2.07. The summed E-state index contributed by atoms with van der Waals surface area (Å²) in [5.41, 5.74) is 7.00. The molecule has 0 saturated carbocycles. The fourth-order valence-electron chi connectivity index (χ4n) is 1.52. The maximum atomic E-state index is 9.15. The van der Waals surface area contributed by atoms with Gasteiger partial charge in [-0.05, 0) is 31.0 Å². The van der Waals surface area contributed by atoms with Gasteiger partial charge in [-0.25, -0.2) is 4.98 Å². The highest BCUT2D eigenvalue weighted by Crippen LogP contribution is 2.17. The normalized spacial score (nSPS) is 12.6. The van der Waals surface area contributed by atoms with Gasteiger partial charge in [-0.3, -0.25) is 0 Å². The Kier molecular flexibility index (Phi) is 2.92. The average molecular weight is 218 g/mol. The van der Waals surface area contributed by atoms with Crippen molar-refractivity contribution in [2.24, 2.45) is 5.73 Å². The monoisotopic (exact) mass is 218 g/mol. The van der Waals surface area contributed by atoms with Crippen molar-refractivity contribution >= 4 is 0 Å². The molecular formula is C12H14N2O2. The molecule has 0 aliphatic carbocycles. The van der Waals surface area contributed by atoms with Crippen molar-refractivity contribution in [2.45, 2.75) is 19.4 Å². The van der Waals surface area contributed by atoms with E-state index < -0.39 is 0 Å². The number of oxazole rings is 1. The number of nitrogens with zero attached hydrogens (tertiary/aromatic N) is 1. The fraction of sp³-hybridized carbons (Fsp3) is 0.250. The average Bonchev–Trinajstić information content (AvgIpc) is 2.68. The van der Waals surface area contributed by atoms with Crippen LogP contribution in [-0.4, -0.2) is 10.1 Å². The van der Waals surface area contributed by atoms with E-state index in [0.717, 1.165) is 11.3 Å². The molecule has 0 bridgehead atoms. The Balaban J connectivity index is 2.07. The van der Waals surface area contributed by atoms with Crippen LogP contribution in [0.25, 0.3) is 0 Å². The highest BCUT2D eigenvalue weighted by molar-refractivity contribution is 5.26. The van der Waals surface area contributed by atoms with Gasteiger partial charge in [0.2, 0.25) is 5.89 Å². The molecule has 0 radical (unpaired) electrons. The van der Waals surface area contributed by atoms with Gasteiger partial charge in [0.15, 0.2) is 0 Å². The molecular weight excluding hydrogens is 204 g/mol. The molecule has 0 amide bonds. The Hall–Kier alpha value is -1.81. The summed E-state index contributed by atoms with van der Waals surface area (Å²) in [7, 11) is 0. The second-order valence-corrected chi connectivity index (χ2v) is 3.79. The lowest BCUT2D eigenvalue weighted by molar-refractivity contribution is 0.430. The number of rotatable bonds is 3. The van der Waals surface area contributed by atoms with Gasteiger partial charge in [-0.15, -0.1) is 0 Å². The van der Waals surface area contributed by atoms with Crippen LogP contribution in [0.3, 0.4) is 0 Å². The lowest BCUT2D eigenvalue weighted by Crippen LogP contribution is -2.13. The number of aromatic hydroxyl groups is 1. The Bertz CT molecular complexity index is 462. The van der Waals surface area contributed by atoms with Crippen molar-refractivity contribution in [3.8, 4) is 5.75 Å². The number of hydrogen-bond acceptors (Lipinski definition) is 4. The van der Waals surface area contributed by atoms with Gasteiger partial charge < -0.3 is 15.3 Å². The first-order chi connectivity index (χ1) is 7.65. The van der Waals surface area contributed by atoms with Crippen LogP contribution in [0.5, 0.6) is 5.75 Å². The number of nitrogens with two attached hydrogens (primary N) is 1. The molecule has 0 aliphatic rings. The maximum Gasteiger partial charge on any atom is 0.211 e. The minimum absolute atomic E-state index is 0.252. The molecule has 1 aromatic carbocycles. The predicted octanol–water partition coefficient (Wildman–Crippen LogP) is 1.93. The van der Waals surface area contributed by atoms with E-state index in [-0.39, 0.29) is 11.8 Å². The van der Waals surface area contributed by atoms with Gasteiger partial charge >= 0.3 is 0 Å². The predicted molar refractivity (Wildman–Crippen MR) is 60.0 cm³/mol. The zero-order valence-electron chi connectivity index (χ0n) is 9.05. The molecule has 4 heteroatoms.